The fourth-order valence-electron chi connectivity index (χ4n) is 6.85. The molecule has 8 aromatic carbocycles. The first kappa shape index (κ1) is 24.7. The lowest BCUT2D eigenvalue weighted by Crippen LogP contribution is -2.10. The van der Waals surface area contributed by atoms with Crippen LogP contribution < -0.4 is 4.90 Å². The minimum Gasteiger partial charge on any atom is -0.456 e. The fraction of sp³-hybridized carbons (Fsp3) is 0. The highest BCUT2D eigenvalue weighted by atomic mass is 16.3. The van der Waals surface area contributed by atoms with Gasteiger partial charge in [-0.3, -0.25) is 0 Å². The summed E-state index contributed by atoms with van der Waals surface area (Å²) in [5, 5.41) is 9.91. The highest BCUT2D eigenvalue weighted by Gasteiger charge is 2.19. The molecule has 0 unspecified atom stereocenters. The van der Waals surface area contributed by atoms with Gasteiger partial charge < -0.3 is 9.32 Å². The molecule has 206 valence electrons. The van der Waals surface area contributed by atoms with E-state index in [9.17, 15) is 0 Å². The SMILES string of the molecule is c1ccc(N(c2ccc(-c3cc4ccc5ccccc5c4c4ccccc34)cc2)c2cccc3oc4ccccc4c23)cc1. The van der Waals surface area contributed by atoms with Crippen molar-refractivity contribution in [2.45, 2.75) is 0 Å². The van der Waals surface area contributed by atoms with E-state index in [4.69, 9.17) is 4.42 Å². The van der Waals surface area contributed by atoms with Crippen LogP contribution in [0.3, 0.4) is 0 Å². The summed E-state index contributed by atoms with van der Waals surface area (Å²) in [7, 11) is 0. The van der Waals surface area contributed by atoms with Crippen LogP contribution in [0, 0.1) is 0 Å². The molecule has 2 nitrogen and oxygen atoms in total. The van der Waals surface area contributed by atoms with Crippen molar-refractivity contribution in [3.63, 3.8) is 0 Å². The first-order valence-corrected chi connectivity index (χ1v) is 15.0. The van der Waals surface area contributed by atoms with Crippen LogP contribution in [0.1, 0.15) is 0 Å². The molecule has 0 atom stereocenters. The average Bonchev–Trinajstić information content (AvgIpc) is 3.48. The fourth-order valence-corrected chi connectivity index (χ4v) is 6.85. The maximum atomic E-state index is 6.27. The average molecular weight is 562 g/mol. The Labute approximate surface area is 255 Å². The van der Waals surface area contributed by atoms with Gasteiger partial charge in [-0.05, 0) is 92.0 Å². The molecular weight excluding hydrogens is 534 g/mol. The Morgan fingerprint density at radius 1 is 0.386 bits per heavy atom. The van der Waals surface area contributed by atoms with Crippen LogP contribution in [0.25, 0.3) is 65.4 Å². The maximum absolute atomic E-state index is 6.27. The summed E-state index contributed by atoms with van der Waals surface area (Å²) in [6.45, 7) is 0. The summed E-state index contributed by atoms with van der Waals surface area (Å²) in [6.07, 6.45) is 0. The molecule has 0 saturated heterocycles. The predicted molar refractivity (Wildman–Crippen MR) is 186 cm³/mol. The zero-order chi connectivity index (χ0) is 29.0. The van der Waals surface area contributed by atoms with Gasteiger partial charge >= 0.3 is 0 Å². The molecule has 0 amide bonds. The van der Waals surface area contributed by atoms with Crippen molar-refractivity contribution in [2.75, 3.05) is 4.90 Å². The second kappa shape index (κ2) is 9.86. The second-order valence-electron chi connectivity index (χ2n) is 11.3. The summed E-state index contributed by atoms with van der Waals surface area (Å²) < 4.78 is 6.27. The monoisotopic (exact) mass is 561 g/mol. The molecule has 9 aromatic rings. The highest BCUT2D eigenvalue weighted by molar-refractivity contribution is 6.23. The first-order chi connectivity index (χ1) is 21.8. The van der Waals surface area contributed by atoms with Crippen LogP contribution in [0.5, 0.6) is 0 Å². The summed E-state index contributed by atoms with van der Waals surface area (Å²) >= 11 is 0. The zero-order valence-corrected chi connectivity index (χ0v) is 23.9. The number of fused-ring (bicyclic) bond motifs is 8. The van der Waals surface area contributed by atoms with Gasteiger partial charge in [0, 0.05) is 16.8 Å². The lowest BCUT2D eigenvalue weighted by molar-refractivity contribution is 0.669. The van der Waals surface area contributed by atoms with Crippen LogP contribution in [0.2, 0.25) is 0 Å². The van der Waals surface area contributed by atoms with E-state index in [1.165, 1.54) is 43.4 Å². The number of para-hydroxylation sites is 2. The molecule has 9 rings (SSSR count). The van der Waals surface area contributed by atoms with Gasteiger partial charge in [0.05, 0.1) is 11.1 Å². The van der Waals surface area contributed by atoms with Crippen LogP contribution >= 0.6 is 0 Å². The number of hydrogen-bond donors (Lipinski definition) is 0. The number of furan rings is 1. The van der Waals surface area contributed by atoms with Crippen molar-refractivity contribution in [3.05, 3.63) is 164 Å². The molecule has 0 spiro atoms. The Morgan fingerprint density at radius 3 is 1.86 bits per heavy atom. The van der Waals surface area contributed by atoms with Gasteiger partial charge in [-0.25, -0.2) is 0 Å². The van der Waals surface area contributed by atoms with E-state index in [0.717, 1.165) is 39.0 Å². The van der Waals surface area contributed by atoms with E-state index in [-0.39, 0.29) is 0 Å². The topological polar surface area (TPSA) is 16.4 Å². The van der Waals surface area contributed by atoms with E-state index < -0.39 is 0 Å². The number of nitrogens with zero attached hydrogens (tertiary/aromatic N) is 1. The van der Waals surface area contributed by atoms with Gasteiger partial charge in [-0.1, -0.05) is 115 Å². The first-order valence-electron chi connectivity index (χ1n) is 15.0. The molecule has 0 aliphatic rings. The van der Waals surface area contributed by atoms with Gasteiger partial charge in [0.2, 0.25) is 0 Å². The second-order valence-corrected chi connectivity index (χ2v) is 11.3. The molecule has 0 aliphatic carbocycles. The molecule has 0 N–H and O–H groups in total. The van der Waals surface area contributed by atoms with Gasteiger partial charge in [0.25, 0.3) is 0 Å². The number of benzene rings is 8. The van der Waals surface area contributed by atoms with Gasteiger partial charge in [0.15, 0.2) is 0 Å². The van der Waals surface area contributed by atoms with E-state index >= 15 is 0 Å². The smallest absolute Gasteiger partial charge is 0.137 e. The lowest BCUT2D eigenvalue weighted by atomic mass is 9.90. The van der Waals surface area contributed by atoms with Gasteiger partial charge in [-0.2, -0.15) is 0 Å². The molecular formula is C42H27NO. The molecule has 44 heavy (non-hydrogen) atoms. The minimum atomic E-state index is 0.886. The molecule has 0 radical (unpaired) electrons. The van der Waals surface area contributed by atoms with Crippen molar-refractivity contribution >= 4 is 71.3 Å². The van der Waals surface area contributed by atoms with E-state index in [0.29, 0.717) is 0 Å². The third-order valence-corrected chi connectivity index (χ3v) is 8.82. The van der Waals surface area contributed by atoms with Crippen LogP contribution in [-0.4, -0.2) is 0 Å². The summed E-state index contributed by atoms with van der Waals surface area (Å²) in [4.78, 5) is 2.33. The van der Waals surface area contributed by atoms with Crippen molar-refractivity contribution in [1.29, 1.82) is 0 Å². The van der Waals surface area contributed by atoms with Crippen molar-refractivity contribution < 1.29 is 4.42 Å². The van der Waals surface area contributed by atoms with Crippen LogP contribution in [0.15, 0.2) is 168 Å². The third kappa shape index (κ3) is 3.82. The molecule has 0 fully saturated rings. The molecule has 1 heterocycles. The molecule has 0 bridgehead atoms. The van der Waals surface area contributed by atoms with Gasteiger partial charge in [0.1, 0.15) is 11.2 Å². The Hall–Kier alpha value is -5.86. The number of anilines is 3. The summed E-state index contributed by atoms with van der Waals surface area (Å²) in [5.74, 6) is 0. The lowest BCUT2D eigenvalue weighted by Gasteiger charge is -2.26. The predicted octanol–water partition coefficient (Wildman–Crippen LogP) is 12.2. The van der Waals surface area contributed by atoms with Crippen molar-refractivity contribution in [1.82, 2.24) is 0 Å². The third-order valence-electron chi connectivity index (χ3n) is 8.82. The van der Waals surface area contributed by atoms with E-state index in [1.807, 2.05) is 12.1 Å². The van der Waals surface area contributed by atoms with Crippen LogP contribution in [0.4, 0.5) is 17.1 Å². The Balaban J connectivity index is 1.23. The Morgan fingerprint density at radius 2 is 1.02 bits per heavy atom. The molecule has 0 aliphatic heterocycles. The quantitative estimate of drug-likeness (QED) is 0.199. The molecule has 2 heteroatoms. The maximum Gasteiger partial charge on any atom is 0.137 e. The summed E-state index contributed by atoms with van der Waals surface area (Å²) in [5.41, 5.74) is 7.50. The standard InChI is InChI=1S/C42H27NO/c1-2-12-31(13-3-1)43(38-18-10-20-40-42(38)36-17-8-9-19-39(36)44-40)32-25-23-29(24-26-32)37-27-30-22-21-28-11-4-5-14-33(28)41(30)35-16-7-6-15-34(35)37/h1-27H. The van der Waals surface area contributed by atoms with Crippen molar-refractivity contribution in [2.24, 2.45) is 0 Å². The molecule has 1 aromatic heterocycles. The normalized spacial score (nSPS) is 11.6. The number of hydrogen-bond acceptors (Lipinski definition) is 2. The summed E-state index contributed by atoms with van der Waals surface area (Å²) in [6, 6.07) is 58.5. The zero-order valence-electron chi connectivity index (χ0n) is 23.9. The largest absolute Gasteiger partial charge is 0.456 e. The van der Waals surface area contributed by atoms with Crippen molar-refractivity contribution in [3.8, 4) is 11.1 Å². The van der Waals surface area contributed by atoms with Crippen LogP contribution in [-0.2, 0) is 0 Å². The Kier molecular flexibility index (Phi) is 5.54. The van der Waals surface area contributed by atoms with E-state index in [1.54, 1.807) is 0 Å². The highest BCUT2D eigenvalue weighted by Crippen LogP contribution is 2.44. The Bertz CT molecular complexity index is 2490. The molecule has 0 saturated carbocycles. The number of rotatable bonds is 4. The van der Waals surface area contributed by atoms with E-state index in [2.05, 4.69) is 157 Å². The minimum absolute atomic E-state index is 0.886. The van der Waals surface area contributed by atoms with Gasteiger partial charge in [-0.15, -0.1) is 0 Å².